The summed E-state index contributed by atoms with van der Waals surface area (Å²) in [7, 11) is 4.51. The molecule has 1 aliphatic rings. The Morgan fingerprint density at radius 1 is 1.05 bits per heavy atom. The lowest BCUT2D eigenvalue weighted by molar-refractivity contribution is -0.310. The number of aromatic nitrogens is 1. The third kappa shape index (κ3) is 9.12. The molecule has 0 aromatic carbocycles. The Hall–Kier alpha value is -2.77. The van der Waals surface area contributed by atoms with Crippen molar-refractivity contribution in [2.75, 3.05) is 27.9 Å². The predicted molar refractivity (Wildman–Crippen MR) is 163 cm³/mol. The van der Waals surface area contributed by atoms with Crippen molar-refractivity contribution in [1.82, 2.24) is 4.98 Å². The molecule has 0 radical (unpaired) electrons. The van der Waals surface area contributed by atoms with Crippen molar-refractivity contribution < 1.29 is 44.1 Å². The van der Waals surface area contributed by atoms with Crippen LogP contribution in [0, 0.1) is 12.8 Å². The normalized spacial score (nSPS) is 26.0. The molecule has 1 aromatic heterocycles. The van der Waals surface area contributed by atoms with E-state index in [4.69, 9.17) is 23.7 Å². The fourth-order valence-corrected chi connectivity index (χ4v) is 5.00. The number of hydrogen-bond donors (Lipinski definition) is 5. The van der Waals surface area contributed by atoms with Gasteiger partial charge in [0.1, 0.15) is 24.4 Å². The minimum atomic E-state index is -1.51. The number of H-pyrrole nitrogens is 1. The van der Waals surface area contributed by atoms with Gasteiger partial charge in [0.2, 0.25) is 17.1 Å². The number of aliphatic hydroxyl groups excluding tert-OH is 4. The van der Waals surface area contributed by atoms with E-state index in [1.807, 2.05) is 65.0 Å². The molecular formula is C32H49NO10. The standard InChI is InChI=1S/C32H49NO10/c1-10-18(3)29(43-32-28(38)27(37)26(36)24(16-34)42-32)20(5)14-17(2)12-11-13-19(4)23(39-7)15-22-21(6)25(35)30(40-8)31(33-22)41-9/h10-14,20,23-24,26-29,32,34,36-38H,15-16H2,1-9H3,(H,33,35)/b12-11+,17-14-,18-10+,19-13+/t20-,23?,24-,26-,27+,28-,29+,32+/m1/s1. The summed E-state index contributed by atoms with van der Waals surface area (Å²) < 4.78 is 27.9. The molecule has 11 heteroatoms. The van der Waals surface area contributed by atoms with E-state index >= 15 is 0 Å². The maximum absolute atomic E-state index is 12.7. The molecule has 0 bridgehead atoms. The third-order valence-electron chi connectivity index (χ3n) is 7.82. The van der Waals surface area contributed by atoms with Crippen LogP contribution in [0.4, 0.5) is 0 Å². The molecule has 5 N–H and O–H groups in total. The number of aliphatic hydroxyl groups is 4. The van der Waals surface area contributed by atoms with E-state index in [9.17, 15) is 25.2 Å². The van der Waals surface area contributed by atoms with Gasteiger partial charge in [0.05, 0.1) is 33.0 Å². The number of pyridine rings is 1. The van der Waals surface area contributed by atoms with E-state index in [2.05, 4.69) is 4.98 Å². The summed E-state index contributed by atoms with van der Waals surface area (Å²) in [6.45, 7) is 10.9. The Labute approximate surface area is 254 Å². The minimum absolute atomic E-state index is 0.134. The molecule has 2 rings (SSSR count). The van der Waals surface area contributed by atoms with Gasteiger partial charge in [-0.2, -0.15) is 0 Å². The van der Waals surface area contributed by atoms with Gasteiger partial charge in [0, 0.05) is 30.7 Å². The molecule has 43 heavy (non-hydrogen) atoms. The highest BCUT2D eigenvalue weighted by Gasteiger charge is 2.45. The van der Waals surface area contributed by atoms with Crippen molar-refractivity contribution >= 4 is 0 Å². The number of methoxy groups -OCH3 is 3. The summed E-state index contributed by atoms with van der Waals surface area (Å²) in [5, 5.41) is 40.2. The smallest absolute Gasteiger partial charge is 0.238 e. The van der Waals surface area contributed by atoms with Crippen LogP contribution in [0.2, 0.25) is 0 Å². The van der Waals surface area contributed by atoms with Crippen LogP contribution >= 0.6 is 0 Å². The van der Waals surface area contributed by atoms with Crippen molar-refractivity contribution in [3.8, 4) is 11.6 Å². The van der Waals surface area contributed by atoms with E-state index < -0.39 is 43.4 Å². The molecule has 0 saturated carbocycles. The van der Waals surface area contributed by atoms with Gasteiger partial charge in [-0.05, 0) is 45.8 Å². The number of hydrogen-bond acceptors (Lipinski definition) is 10. The average molecular weight is 608 g/mol. The summed E-state index contributed by atoms with van der Waals surface area (Å²) in [4.78, 5) is 15.9. The molecule has 0 aliphatic carbocycles. The van der Waals surface area contributed by atoms with Gasteiger partial charge in [-0.1, -0.05) is 42.9 Å². The Balaban J connectivity index is 2.19. The second kappa shape index (κ2) is 16.9. The van der Waals surface area contributed by atoms with Gasteiger partial charge >= 0.3 is 0 Å². The first-order valence-electron chi connectivity index (χ1n) is 14.3. The Morgan fingerprint density at radius 2 is 1.72 bits per heavy atom. The molecule has 1 aliphatic heterocycles. The summed E-state index contributed by atoms with van der Waals surface area (Å²) in [6.07, 6.45) is 2.63. The maximum Gasteiger partial charge on any atom is 0.238 e. The highest BCUT2D eigenvalue weighted by atomic mass is 16.7. The van der Waals surface area contributed by atoms with Gasteiger partial charge < -0.3 is 49.1 Å². The monoisotopic (exact) mass is 607 g/mol. The molecule has 242 valence electrons. The van der Waals surface area contributed by atoms with Crippen LogP contribution in [0.3, 0.4) is 0 Å². The first-order chi connectivity index (χ1) is 20.3. The molecule has 11 nitrogen and oxygen atoms in total. The van der Waals surface area contributed by atoms with E-state index in [1.165, 1.54) is 14.2 Å². The van der Waals surface area contributed by atoms with Crippen LogP contribution in [-0.2, 0) is 20.6 Å². The van der Waals surface area contributed by atoms with E-state index in [1.54, 1.807) is 14.0 Å². The zero-order valence-corrected chi connectivity index (χ0v) is 26.7. The van der Waals surface area contributed by atoms with Crippen LogP contribution in [0.1, 0.15) is 45.9 Å². The lowest BCUT2D eigenvalue weighted by Crippen LogP contribution is -2.60. The molecule has 8 atom stereocenters. The maximum atomic E-state index is 12.7. The Morgan fingerprint density at radius 3 is 2.28 bits per heavy atom. The van der Waals surface area contributed by atoms with E-state index in [-0.39, 0.29) is 29.1 Å². The Kier molecular flexibility index (Phi) is 14.3. The van der Waals surface area contributed by atoms with Crippen LogP contribution in [0.25, 0.3) is 0 Å². The summed E-state index contributed by atoms with van der Waals surface area (Å²) in [6, 6.07) is 0. The van der Waals surface area contributed by atoms with Gasteiger partial charge in [-0.15, -0.1) is 0 Å². The first-order valence-corrected chi connectivity index (χ1v) is 14.3. The summed E-state index contributed by atoms with van der Waals surface area (Å²) in [5.74, 6) is 0.242. The molecular weight excluding hydrogens is 558 g/mol. The molecule has 1 fully saturated rings. The second-order valence-electron chi connectivity index (χ2n) is 10.9. The largest absolute Gasteiger partial charge is 0.488 e. The van der Waals surface area contributed by atoms with Crippen molar-refractivity contribution in [3.63, 3.8) is 0 Å². The molecule has 0 amide bonds. The quantitative estimate of drug-likeness (QED) is 0.157. The number of allylic oxidation sites excluding steroid dienone is 5. The van der Waals surface area contributed by atoms with E-state index in [0.29, 0.717) is 17.7 Å². The van der Waals surface area contributed by atoms with Crippen LogP contribution in [0.5, 0.6) is 11.6 Å². The van der Waals surface area contributed by atoms with Gasteiger partial charge in [0.25, 0.3) is 0 Å². The zero-order valence-electron chi connectivity index (χ0n) is 26.7. The van der Waals surface area contributed by atoms with Crippen molar-refractivity contribution in [2.24, 2.45) is 5.92 Å². The second-order valence-corrected chi connectivity index (χ2v) is 10.9. The van der Waals surface area contributed by atoms with Crippen molar-refractivity contribution in [3.05, 3.63) is 68.6 Å². The molecule has 1 aromatic rings. The van der Waals surface area contributed by atoms with Gasteiger partial charge in [-0.3, -0.25) is 4.79 Å². The van der Waals surface area contributed by atoms with Gasteiger partial charge in [-0.25, -0.2) is 0 Å². The highest BCUT2D eigenvalue weighted by Crippen LogP contribution is 2.28. The SMILES string of the molecule is C/C=C(\C)[C@H](O[C@@H]1O[C@H](CO)[C@@H](O)[C@H](O)[C@H]1O)[C@H](C)\C=C(C)/C=C/C=C(\C)C(Cc1[nH]c(OC)c(OC)c(=O)c1C)OC. The van der Waals surface area contributed by atoms with Crippen LogP contribution in [-0.4, -0.2) is 96.3 Å². The fraction of sp³-hybridized carbons (Fsp3) is 0.594. The van der Waals surface area contributed by atoms with Gasteiger partial charge in [0.15, 0.2) is 6.29 Å². The van der Waals surface area contributed by atoms with Crippen LogP contribution in [0.15, 0.2) is 51.9 Å². The summed E-state index contributed by atoms with van der Waals surface area (Å²) in [5.41, 5.74) is 3.79. The topological polar surface area (TPSA) is 160 Å². The Bertz CT molecular complexity index is 1230. The average Bonchev–Trinajstić information content (AvgIpc) is 2.99. The van der Waals surface area contributed by atoms with Crippen molar-refractivity contribution in [1.29, 1.82) is 0 Å². The molecule has 0 spiro atoms. The molecule has 2 heterocycles. The lowest BCUT2D eigenvalue weighted by atomic mass is 9.94. The third-order valence-corrected chi connectivity index (χ3v) is 7.82. The van der Waals surface area contributed by atoms with Crippen molar-refractivity contribution in [2.45, 2.75) is 90.9 Å². The molecule has 1 unspecified atom stereocenters. The predicted octanol–water partition coefficient (Wildman–Crippen LogP) is 2.49. The zero-order chi connectivity index (χ0) is 32.4. The van der Waals surface area contributed by atoms with Crippen LogP contribution < -0.4 is 14.9 Å². The van der Waals surface area contributed by atoms with E-state index in [0.717, 1.165) is 16.7 Å². The molecule has 1 saturated heterocycles. The minimum Gasteiger partial charge on any atom is -0.488 e. The number of rotatable bonds is 14. The number of aromatic amines is 1. The lowest BCUT2D eigenvalue weighted by Gasteiger charge is -2.41. The number of nitrogens with one attached hydrogen (secondary N) is 1. The summed E-state index contributed by atoms with van der Waals surface area (Å²) >= 11 is 0. The fourth-order valence-electron chi connectivity index (χ4n) is 5.00. The number of ether oxygens (including phenoxy) is 5. The first kappa shape index (κ1) is 36.4. The highest BCUT2D eigenvalue weighted by molar-refractivity contribution is 5.40.